The van der Waals surface area contributed by atoms with Crippen LogP contribution in [0.2, 0.25) is 0 Å². The van der Waals surface area contributed by atoms with Crippen molar-refractivity contribution >= 4 is 27.5 Å². The van der Waals surface area contributed by atoms with Crippen LogP contribution in [0, 0.1) is 6.92 Å². The normalized spacial score (nSPS) is 15.9. The van der Waals surface area contributed by atoms with Crippen LogP contribution in [0.4, 0.5) is 5.69 Å². The van der Waals surface area contributed by atoms with E-state index in [1.807, 2.05) is 37.3 Å². The molecule has 2 amide bonds. The molecule has 0 bridgehead atoms. The van der Waals surface area contributed by atoms with Crippen molar-refractivity contribution < 1.29 is 22.4 Å². The van der Waals surface area contributed by atoms with Gasteiger partial charge >= 0.3 is 0 Å². The predicted molar refractivity (Wildman–Crippen MR) is 132 cm³/mol. The molecule has 1 unspecified atom stereocenters. The fourth-order valence-corrected chi connectivity index (χ4v) is 5.84. The van der Waals surface area contributed by atoms with Gasteiger partial charge in [0.2, 0.25) is 21.8 Å². The van der Waals surface area contributed by atoms with Crippen molar-refractivity contribution in [3.05, 3.63) is 83.3 Å². The van der Waals surface area contributed by atoms with Gasteiger partial charge in [-0.05, 0) is 60.9 Å². The van der Waals surface area contributed by atoms with E-state index >= 15 is 0 Å². The molecule has 0 aliphatic carbocycles. The summed E-state index contributed by atoms with van der Waals surface area (Å²) in [4.78, 5) is 24.6. The Morgan fingerprint density at radius 1 is 1.03 bits per heavy atom. The van der Waals surface area contributed by atoms with Crippen LogP contribution in [-0.2, 0) is 32.6 Å². The van der Waals surface area contributed by atoms with Crippen LogP contribution in [0.25, 0.3) is 0 Å². The monoisotopic (exact) mass is 495 g/mol. The number of amides is 2. The molecule has 3 aromatic rings. The largest absolute Gasteiger partial charge is 0.465 e. The van der Waals surface area contributed by atoms with Gasteiger partial charge in [0.15, 0.2) is 0 Å². The lowest BCUT2D eigenvalue weighted by Crippen LogP contribution is -2.42. The number of nitrogens with zero attached hydrogens (tertiary/aromatic N) is 1. The molecule has 9 heteroatoms. The molecule has 0 radical (unpaired) electrons. The highest BCUT2D eigenvalue weighted by Gasteiger charge is 2.37. The second kappa shape index (κ2) is 10.5. The third-order valence-electron chi connectivity index (χ3n) is 6.06. The van der Waals surface area contributed by atoms with Crippen LogP contribution < -0.4 is 10.6 Å². The zero-order valence-electron chi connectivity index (χ0n) is 19.8. The SMILES string of the molecule is CCC(=O)Nc1ccc(S(=O)(=O)N2CCc3ccccc3C2CC(=O)NCc2ccc(C)o2)cc1. The van der Waals surface area contributed by atoms with E-state index in [2.05, 4.69) is 10.6 Å². The fourth-order valence-electron chi connectivity index (χ4n) is 4.24. The number of carbonyl (C=O) groups excluding carboxylic acids is 2. The van der Waals surface area contributed by atoms with E-state index in [0.29, 0.717) is 24.3 Å². The van der Waals surface area contributed by atoms with Crippen LogP contribution in [0.15, 0.2) is 70.0 Å². The number of hydrogen-bond acceptors (Lipinski definition) is 5. The topological polar surface area (TPSA) is 109 Å². The van der Waals surface area contributed by atoms with Crippen LogP contribution >= 0.6 is 0 Å². The average Bonchev–Trinajstić information content (AvgIpc) is 3.28. The summed E-state index contributed by atoms with van der Waals surface area (Å²) in [5.41, 5.74) is 2.40. The molecular formula is C26H29N3O5S. The van der Waals surface area contributed by atoms with Crippen molar-refractivity contribution in [2.45, 2.75) is 50.6 Å². The van der Waals surface area contributed by atoms with Crippen molar-refractivity contribution in [1.29, 1.82) is 0 Å². The Bertz CT molecular complexity index is 1310. The summed E-state index contributed by atoms with van der Waals surface area (Å²) < 4.78 is 34.2. The van der Waals surface area contributed by atoms with Gasteiger partial charge in [-0.1, -0.05) is 31.2 Å². The molecule has 8 nitrogen and oxygen atoms in total. The summed E-state index contributed by atoms with van der Waals surface area (Å²) in [5, 5.41) is 5.56. The molecule has 184 valence electrons. The number of rotatable bonds is 8. The number of aryl methyl sites for hydroxylation is 1. The van der Waals surface area contributed by atoms with Crippen molar-refractivity contribution in [3.63, 3.8) is 0 Å². The van der Waals surface area contributed by atoms with Gasteiger partial charge in [0.05, 0.1) is 17.5 Å². The lowest BCUT2D eigenvalue weighted by atomic mass is 9.92. The number of hydrogen-bond donors (Lipinski definition) is 2. The molecule has 0 fully saturated rings. The maximum absolute atomic E-state index is 13.7. The van der Waals surface area contributed by atoms with Gasteiger partial charge in [0.25, 0.3) is 0 Å². The summed E-state index contributed by atoms with van der Waals surface area (Å²) in [6.07, 6.45) is 0.876. The predicted octanol–water partition coefficient (Wildman–Crippen LogP) is 3.93. The number of fused-ring (bicyclic) bond motifs is 1. The first-order valence-corrected chi connectivity index (χ1v) is 13.0. The molecule has 1 atom stereocenters. The summed E-state index contributed by atoms with van der Waals surface area (Å²) in [6.45, 7) is 4.08. The Kier molecular flexibility index (Phi) is 7.37. The molecule has 1 aliphatic heterocycles. The molecule has 2 heterocycles. The molecule has 0 saturated heterocycles. The van der Waals surface area contributed by atoms with Gasteiger partial charge in [0, 0.05) is 25.1 Å². The Labute approximate surface area is 205 Å². The highest BCUT2D eigenvalue weighted by molar-refractivity contribution is 7.89. The first kappa shape index (κ1) is 24.7. The van der Waals surface area contributed by atoms with Crippen LogP contribution in [0.1, 0.15) is 48.5 Å². The molecule has 4 rings (SSSR count). The molecular weight excluding hydrogens is 466 g/mol. The van der Waals surface area contributed by atoms with Gasteiger partial charge in [-0.25, -0.2) is 8.42 Å². The maximum Gasteiger partial charge on any atom is 0.243 e. The van der Waals surface area contributed by atoms with E-state index in [1.54, 1.807) is 25.1 Å². The second-order valence-corrected chi connectivity index (χ2v) is 10.4. The van der Waals surface area contributed by atoms with E-state index in [-0.39, 0.29) is 36.2 Å². The molecule has 1 aromatic heterocycles. The maximum atomic E-state index is 13.7. The molecule has 0 saturated carbocycles. The molecule has 35 heavy (non-hydrogen) atoms. The number of furan rings is 1. The number of benzene rings is 2. The third-order valence-corrected chi connectivity index (χ3v) is 7.99. The van der Waals surface area contributed by atoms with Crippen molar-refractivity contribution in [2.75, 3.05) is 11.9 Å². The van der Waals surface area contributed by atoms with E-state index < -0.39 is 16.1 Å². The molecule has 2 N–H and O–H groups in total. The van der Waals surface area contributed by atoms with E-state index in [1.165, 1.54) is 16.4 Å². The Hall–Kier alpha value is -3.43. The lowest BCUT2D eigenvalue weighted by Gasteiger charge is -2.36. The van der Waals surface area contributed by atoms with Gasteiger partial charge in [0.1, 0.15) is 11.5 Å². The highest BCUT2D eigenvalue weighted by Crippen LogP contribution is 2.36. The molecule has 0 spiro atoms. The number of sulfonamides is 1. The van der Waals surface area contributed by atoms with Crippen LogP contribution in [0.3, 0.4) is 0 Å². The van der Waals surface area contributed by atoms with Crippen LogP contribution in [-0.4, -0.2) is 31.1 Å². The standard InChI is InChI=1S/C26H29N3O5S/c1-3-25(30)28-20-9-12-22(13-10-20)35(32,33)29-15-14-19-6-4-5-7-23(19)24(29)16-26(31)27-17-21-11-8-18(2)34-21/h4-13,24H,3,14-17H2,1-2H3,(H,27,31)(H,28,30). The number of anilines is 1. The minimum absolute atomic E-state index is 0.0133. The Morgan fingerprint density at radius 3 is 2.46 bits per heavy atom. The smallest absolute Gasteiger partial charge is 0.243 e. The summed E-state index contributed by atoms with van der Waals surface area (Å²) in [6, 6.07) is 16.7. The van der Waals surface area contributed by atoms with Crippen LogP contribution in [0.5, 0.6) is 0 Å². The van der Waals surface area contributed by atoms with Crippen molar-refractivity contribution in [2.24, 2.45) is 0 Å². The summed E-state index contributed by atoms with van der Waals surface area (Å²) >= 11 is 0. The first-order chi connectivity index (χ1) is 16.8. The zero-order valence-corrected chi connectivity index (χ0v) is 20.6. The number of nitrogens with one attached hydrogen (secondary N) is 2. The molecule has 1 aliphatic rings. The Morgan fingerprint density at radius 2 is 1.77 bits per heavy atom. The quantitative estimate of drug-likeness (QED) is 0.492. The average molecular weight is 496 g/mol. The first-order valence-electron chi connectivity index (χ1n) is 11.6. The van der Waals surface area contributed by atoms with Gasteiger partial charge in [-0.2, -0.15) is 4.31 Å². The minimum Gasteiger partial charge on any atom is -0.465 e. The number of carbonyl (C=O) groups is 2. The zero-order chi connectivity index (χ0) is 25.0. The minimum atomic E-state index is -3.89. The van der Waals surface area contributed by atoms with Crippen molar-refractivity contribution in [3.8, 4) is 0 Å². The van der Waals surface area contributed by atoms with Crippen molar-refractivity contribution in [1.82, 2.24) is 9.62 Å². The summed E-state index contributed by atoms with van der Waals surface area (Å²) in [5.74, 6) is 0.982. The second-order valence-electron chi connectivity index (χ2n) is 8.50. The van der Waals surface area contributed by atoms with E-state index in [0.717, 1.165) is 16.9 Å². The van der Waals surface area contributed by atoms with Gasteiger partial charge in [-0.3, -0.25) is 9.59 Å². The fraction of sp³-hybridized carbons (Fsp3) is 0.308. The lowest BCUT2D eigenvalue weighted by molar-refractivity contribution is -0.122. The van der Waals surface area contributed by atoms with E-state index in [4.69, 9.17) is 4.42 Å². The van der Waals surface area contributed by atoms with Gasteiger partial charge in [-0.15, -0.1) is 0 Å². The molecule has 2 aromatic carbocycles. The summed E-state index contributed by atoms with van der Waals surface area (Å²) in [7, 11) is -3.89. The van der Waals surface area contributed by atoms with E-state index in [9.17, 15) is 18.0 Å². The highest BCUT2D eigenvalue weighted by atomic mass is 32.2. The Balaban J connectivity index is 1.57. The van der Waals surface area contributed by atoms with Gasteiger partial charge < -0.3 is 15.1 Å². The third kappa shape index (κ3) is 5.63.